The predicted octanol–water partition coefficient (Wildman–Crippen LogP) is 8.07. The Morgan fingerprint density at radius 1 is 0.400 bits per heavy atom. The molecule has 0 saturated carbocycles. The van der Waals surface area contributed by atoms with Crippen molar-refractivity contribution in [3.63, 3.8) is 0 Å². The molecule has 0 amide bonds. The van der Waals surface area contributed by atoms with E-state index in [2.05, 4.69) is 0 Å². The van der Waals surface area contributed by atoms with Crippen LogP contribution in [0.2, 0.25) is 0 Å². The van der Waals surface area contributed by atoms with Gasteiger partial charge in [0.05, 0.1) is 52.1 Å². The predicted molar refractivity (Wildman–Crippen MR) is 257 cm³/mol. The number of nitrogens with zero attached hydrogens (tertiary/aromatic N) is 4. The molecule has 4 aromatic carbocycles. The Kier molecular flexibility index (Phi) is 22.7. The molecule has 13 nitrogen and oxygen atoms in total. The van der Waals surface area contributed by atoms with Crippen LogP contribution in [0.25, 0.3) is 0 Å². The van der Waals surface area contributed by atoms with Crippen molar-refractivity contribution in [1.82, 2.24) is 0 Å². The molecule has 4 atom stereocenters. The number of carbonyl (C=O) groups is 4. The summed E-state index contributed by atoms with van der Waals surface area (Å²) >= 11 is 0. The van der Waals surface area contributed by atoms with E-state index in [0.29, 0.717) is 39.0 Å². The fourth-order valence-electron chi connectivity index (χ4n) is 7.09. The van der Waals surface area contributed by atoms with Gasteiger partial charge in [-0.15, -0.1) is 0 Å². The van der Waals surface area contributed by atoms with Crippen LogP contribution in [-0.4, -0.2) is 117 Å². The molecule has 352 valence electrons. The van der Waals surface area contributed by atoms with Crippen molar-refractivity contribution in [1.29, 1.82) is 0 Å². The molecule has 0 radical (unpaired) electrons. The summed E-state index contributed by atoms with van der Waals surface area (Å²) in [5.74, 6) is -2.33. The number of esters is 4. The topological polar surface area (TPSA) is 127 Å². The second-order valence-electron chi connectivity index (χ2n) is 16.3. The minimum absolute atomic E-state index is 0.0238. The minimum atomic E-state index is -0.773. The normalized spacial score (nSPS) is 12.8. The summed E-state index contributed by atoms with van der Waals surface area (Å²) in [7, 11) is 7.68. The van der Waals surface area contributed by atoms with Gasteiger partial charge in [-0.05, 0) is 61.4 Å². The quantitative estimate of drug-likeness (QED) is 0.0370. The lowest BCUT2D eigenvalue weighted by atomic mass is 9.99. The number of ether oxygens (including phenoxy) is 5. The highest BCUT2D eigenvalue weighted by Crippen LogP contribution is 2.21. The molecule has 0 bridgehead atoms. The lowest BCUT2D eigenvalue weighted by Gasteiger charge is -2.29. The van der Waals surface area contributed by atoms with Crippen LogP contribution in [0.4, 0.5) is 22.7 Å². The second kappa shape index (κ2) is 28.7. The van der Waals surface area contributed by atoms with Gasteiger partial charge in [0.1, 0.15) is 12.2 Å². The summed E-state index contributed by atoms with van der Waals surface area (Å²) in [6, 6.07) is 39.1. The van der Waals surface area contributed by atoms with Gasteiger partial charge in [-0.2, -0.15) is 0 Å². The molecule has 0 heterocycles. The van der Waals surface area contributed by atoms with Crippen LogP contribution in [0.15, 0.2) is 121 Å². The number of hydrogen-bond acceptors (Lipinski definition) is 13. The van der Waals surface area contributed by atoms with Crippen LogP contribution in [0, 0.1) is 11.8 Å². The summed E-state index contributed by atoms with van der Waals surface area (Å²) in [4.78, 5) is 60.9. The van der Waals surface area contributed by atoms with Gasteiger partial charge in [0.2, 0.25) is 0 Å². The summed E-state index contributed by atoms with van der Waals surface area (Å²) < 4.78 is 30.1. The van der Waals surface area contributed by atoms with E-state index in [1.165, 1.54) is 0 Å². The Bertz CT molecular complexity index is 1820. The monoisotopic (exact) mass is 895 g/mol. The summed E-state index contributed by atoms with van der Waals surface area (Å²) in [5.41, 5.74) is 3.93. The van der Waals surface area contributed by atoms with Gasteiger partial charge in [0.15, 0.2) is 0 Å². The van der Waals surface area contributed by atoms with Crippen LogP contribution in [0.5, 0.6) is 0 Å². The van der Waals surface area contributed by atoms with E-state index >= 15 is 0 Å². The summed E-state index contributed by atoms with van der Waals surface area (Å²) in [6.07, 6.45) is 0.101. The van der Waals surface area contributed by atoms with E-state index < -0.39 is 24.1 Å². The first-order chi connectivity index (χ1) is 31.5. The van der Waals surface area contributed by atoms with Gasteiger partial charge in [-0.25, -0.2) is 0 Å². The van der Waals surface area contributed by atoms with Crippen LogP contribution < -0.4 is 19.6 Å². The molecule has 65 heavy (non-hydrogen) atoms. The molecule has 0 aliphatic rings. The standard InChI is InChI=1S/C52H70N4O9/c1-7-41(37-62-49(57)29-33-53(3)43-21-13-9-14-22-43)47(64-51(59)31-35-55(5)45-25-17-11-18-26-45)39-61-40-48(65-52(60)32-36-56(6)46-27-19-12-20-28-46)42(8-2)38-63-50(58)30-34-54(4)44-23-15-10-16-24-44/h9-28,41-42,47-48H,7-8,29-40H2,1-6H3. The van der Waals surface area contributed by atoms with Gasteiger partial charge in [-0.1, -0.05) is 86.6 Å². The fraction of sp³-hybridized carbons (Fsp3) is 0.462. The molecule has 0 N–H and O–H groups in total. The smallest absolute Gasteiger partial charge is 0.307 e. The second-order valence-corrected chi connectivity index (χ2v) is 16.3. The third-order valence-electron chi connectivity index (χ3n) is 11.5. The lowest BCUT2D eigenvalue weighted by molar-refractivity contribution is -0.165. The third kappa shape index (κ3) is 18.9. The van der Waals surface area contributed by atoms with Crippen molar-refractivity contribution in [3.8, 4) is 0 Å². The molecular formula is C52H70N4O9. The van der Waals surface area contributed by atoms with Gasteiger partial charge < -0.3 is 43.3 Å². The largest absolute Gasteiger partial charge is 0.465 e. The van der Waals surface area contributed by atoms with E-state index in [1.54, 1.807) is 0 Å². The van der Waals surface area contributed by atoms with E-state index in [4.69, 9.17) is 23.7 Å². The Morgan fingerprint density at radius 2 is 0.662 bits per heavy atom. The summed E-state index contributed by atoms with van der Waals surface area (Å²) in [5, 5.41) is 0. The number of rotatable bonds is 30. The Labute approximate surface area is 386 Å². The molecule has 0 fully saturated rings. The van der Waals surface area contributed by atoms with Crippen molar-refractivity contribution in [2.24, 2.45) is 11.8 Å². The Morgan fingerprint density at radius 3 is 0.923 bits per heavy atom. The molecule has 4 aromatic rings. The first-order valence-electron chi connectivity index (χ1n) is 22.8. The highest BCUT2D eigenvalue weighted by Gasteiger charge is 2.30. The highest BCUT2D eigenvalue weighted by molar-refractivity contribution is 5.72. The Hall–Kier alpha value is -6.08. The average molecular weight is 895 g/mol. The van der Waals surface area contributed by atoms with Gasteiger partial charge in [-0.3, -0.25) is 19.2 Å². The third-order valence-corrected chi connectivity index (χ3v) is 11.5. The molecule has 4 unspecified atom stereocenters. The molecule has 4 rings (SSSR count). The number of hydrogen-bond donors (Lipinski definition) is 0. The Balaban J connectivity index is 1.42. The number of carbonyl (C=O) groups excluding carboxylic acids is 4. The molecule has 0 aliphatic heterocycles. The fourth-order valence-corrected chi connectivity index (χ4v) is 7.09. The number of para-hydroxylation sites is 4. The van der Waals surface area contributed by atoms with Crippen molar-refractivity contribution in [2.75, 3.05) is 100 Å². The van der Waals surface area contributed by atoms with Crippen LogP contribution in [0.1, 0.15) is 52.4 Å². The maximum atomic E-state index is 13.5. The minimum Gasteiger partial charge on any atom is -0.465 e. The van der Waals surface area contributed by atoms with Gasteiger partial charge in [0, 0.05) is 89.0 Å². The first kappa shape index (κ1) is 51.6. The van der Waals surface area contributed by atoms with Crippen LogP contribution in [0.3, 0.4) is 0 Å². The van der Waals surface area contributed by atoms with E-state index in [-0.39, 0.29) is 75.9 Å². The average Bonchev–Trinajstić information content (AvgIpc) is 3.34. The van der Waals surface area contributed by atoms with Gasteiger partial charge >= 0.3 is 23.9 Å². The van der Waals surface area contributed by atoms with Crippen molar-refractivity contribution in [3.05, 3.63) is 121 Å². The zero-order chi connectivity index (χ0) is 46.8. The maximum absolute atomic E-state index is 13.5. The highest BCUT2D eigenvalue weighted by atomic mass is 16.6. The van der Waals surface area contributed by atoms with Crippen LogP contribution >= 0.6 is 0 Å². The van der Waals surface area contributed by atoms with Crippen molar-refractivity contribution < 1.29 is 42.9 Å². The summed E-state index contributed by atoms with van der Waals surface area (Å²) in [6.45, 7) is 5.65. The van der Waals surface area contributed by atoms with Crippen LogP contribution in [-0.2, 0) is 42.9 Å². The number of anilines is 4. The van der Waals surface area contributed by atoms with Gasteiger partial charge in [0.25, 0.3) is 0 Å². The molecule has 0 spiro atoms. The van der Waals surface area contributed by atoms with E-state index in [0.717, 1.165) is 22.7 Å². The number of benzene rings is 4. The SMILES string of the molecule is CCC(COC(=O)CCN(C)c1ccccc1)C(COCC(OC(=O)CCN(C)c1ccccc1)C(CC)COC(=O)CCN(C)c1ccccc1)OC(=O)CCN(C)c1ccccc1. The molecular weight excluding hydrogens is 825 g/mol. The molecule has 0 saturated heterocycles. The van der Waals surface area contributed by atoms with Crippen molar-refractivity contribution in [2.45, 2.75) is 64.6 Å². The van der Waals surface area contributed by atoms with E-state index in [1.807, 2.05) is 183 Å². The van der Waals surface area contributed by atoms with Crippen molar-refractivity contribution >= 4 is 46.6 Å². The van der Waals surface area contributed by atoms with E-state index in [9.17, 15) is 19.2 Å². The molecule has 0 aromatic heterocycles. The lowest BCUT2D eigenvalue weighted by Crippen LogP contribution is -2.39. The molecule has 13 heteroatoms. The maximum Gasteiger partial charge on any atom is 0.307 e. The zero-order valence-corrected chi connectivity index (χ0v) is 39.2. The first-order valence-corrected chi connectivity index (χ1v) is 22.8. The molecule has 0 aliphatic carbocycles. The zero-order valence-electron chi connectivity index (χ0n) is 39.2.